The van der Waals surface area contributed by atoms with Gasteiger partial charge in [0.1, 0.15) is 0 Å². The molecule has 0 spiro atoms. The summed E-state index contributed by atoms with van der Waals surface area (Å²) in [5.74, 6) is 0. The highest BCUT2D eigenvalue weighted by Gasteiger charge is 2.10. The lowest BCUT2D eigenvalue weighted by Gasteiger charge is -2.00. The highest BCUT2D eigenvalue weighted by Crippen LogP contribution is 2.23. The van der Waals surface area contributed by atoms with Crippen molar-refractivity contribution in [3.05, 3.63) is 72.1 Å². The molecular formula is C17H16N2. The summed E-state index contributed by atoms with van der Waals surface area (Å²) in [5, 5.41) is 0. The van der Waals surface area contributed by atoms with Crippen LogP contribution in [0.15, 0.2) is 65.8 Å². The maximum absolute atomic E-state index is 4.72. The summed E-state index contributed by atoms with van der Waals surface area (Å²) < 4.78 is 0. The van der Waals surface area contributed by atoms with E-state index in [4.69, 9.17) is 4.99 Å². The number of aliphatic imine (C=N–C) groups is 1. The van der Waals surface area contributed by atoms with Crippen molar-refractivity contribution in [2.75, 3.05) is 0 Å². The van der Waals surface area contributed by atoms with Gasteiger partial charge in [0.2, 0.25) is 0 Å². The zero-order valence-electron chi connectivity index (χ0n) is 10.8. The SMILES string of the molecule is C1=C(c2ccccc2)N=C(CCc2ccccn2)C1. The standard InChI is InChI=1S/C17H16N2/c1-2-6-14(7-3-1)17-12-11-16(19-17)10-9-15-8-4-5-13-18-15/h1-8,12-13H,9-11H2. The lowest BCUT2D eigenvalue weighted by atomic mass is 10.1. The zero-order valence-corrected chi connectivity index (χ0v) is 10.8. The molecule has 94 valence electrons. The number of benzene rings is 1. The average molecular weight is 248 g/mol. The van der Waals surface area contributed by atoms with E-state index >= 15 is 0 Å². The number of rotatable bonds is 4. The molecule has 0 N–H and O–H groups in total. The quantitative estimate of drug-likeness (QED) is 0.805. The third-order valence-electron chi connectivity index (χ3n) is 3.28. The Bertz CT molecular complexity index is 598. The van der Waals surface area contributed by atoms with Gasteiger partial charge in [-0.2, -0.15) is 0 Å². The van der Waals surface area contributed by atoms with Crippen LogP contribution in [0.3, 0.4) is 0 Å². The van der Waals surface area contributed by atoms with Crippen LogP contribution in [0.5, 0.6) is 0 Å². The molecule has 2 aromatic rings. The van der Waals surface area contributed by atoms with E-state index < -0.39 is 0 Å². The minimum absolute atomic E-state index is 0.968. The van der Waals surface area contributed by atoms with Crippen LogP contribution < -0.4 is 0 Å². The number of aromatic nitrogens is 1. The molecule has 1 aliphatic heterocycles. The highest BCUT2D eigenvalue weighted by molar-refractivity contribution is 5.95. The summed E-state index contributed by atoms with van der Waals surface area (Å²) >= 11 is 0. The topological polar surface area (TPSA) is 25.2 Å². The van der Waals surface area contributed by atoms with Crippen molar-refractivity contribution in [2.24, 2.45) is 4.99 Å². The molecular weight excluding hydrogens is 232 g/mol. The van der Waals surface area contributed by atoms with E-state index in [2.05, 4.69) is 41.4 Å². The fourth-order valence-electron chi connectivity index (χ4n) is 2.24. The molecule has 2 heterocycles. The second kappa shape index (κ2) is 5.61. The van der Waals surface area contributed by atoms with Crippen LogP contribution in [0, 0.1) is 0 Å². The third kappa shape index (κ3) is 2.97. The van der Waals surface area contributed by atoms with Crippen molar-refractivity contribution in [1.82, 2.24) is 4.98 Å². The number of nitrogens with zero attached hydrogens (tertiary/aromatic N) is 2. The van der Waals surface area contributed by atoms with Crippen LogP contribution in [0.25, 0.3) is 5.70 Å². The minimum Gasteiger partial charge on any atom is -0.261 e. The number of hydrogen-bond acceptors (Lipinski definition) is 2. The molecule has 0 unspecified atom stereocenters. The number of aryl methyl sites for hydroxylation is 1. The summed E-state index contributed by atoms with van der Waals surface area (Å²) in [6, 6.07) is 16.4. The molecule has 0 fully saturated rings. The van der Waals surface area contributed by atoms with Crippen molar-refractivity contribution in [3.8, 4) is 0 Å². The largest absolute Gasteiger partial charge is 0.261 e. The van der Waals surface area contributed by atoms with E-state index in [0.717, 1.165) is 30.7 Å². The van der Waals surface area contributed by atoms with Gasteiger partial charge < -0.3 is 0 Å². The van der Waals surface area contributed by atoms with E-state index in [9.17, 15) is 0 Å². The minimum atomic E-state index is 0.968. The van der Waals surface area contributed by atoms with Gasteiger partial charge >= 0.3 is 0 Å². The summed E-state index contributed by atoms with van der Waals surface area (Å²) in [5.41, 5.74) is 4.70. The van der Waals surface area contributed by atoms with Gasteiger partial charge in [0.25, 0.3) is 0 Å². The van der Waals surface area contributed by atoms with Gasteiger partial charge in [0.15, 0.2) is 0 Å². The average Bonchev–Trinajstić information content (AvgIpc) is 2.96. The summed E-state index contributed by atoms with van der Waals surface area (Å²) in [6.07, 6.45) is 6.99. The van der Waals surface area contributed by atoms with Gasteiger partial charge in [0.05, 0.1) is 5.70 Å². The van der Waals surface area contributed by atoms with Gasteiger partial charge in [-0.25, -0.2) is 0 Å². The van der Waals surface area contributed by atoms with Crippen molar-refractivity contribution in [1.29, 1.82) is 0 Å². The first-order valence-electron chi connectivity index (χ1n) is 6.64. The van der Waals surface area contributed by atoms with E-state index in [1.165, 1.54) is 11.3 Å². The first kappa shape index (κ1) is 11.8. The Morgan fingerprint density at radius 2 is 1.74 bits per heavy atom. The molecule has 0 bridgehead atoms. The Hall–Kier alpha value is -2.22. The zero-order chi connectivity index (χ0) is 12.9. The number of allylic oxidation sites excluding steroid dienone is 1. The van der Waals surface area contributed by atoms with Gasteiger partial charge in [-0.15, -0.1) is 0 Å². The van der Waals surface area contributed by atoms with Crippen LogP contribution in [0.4, 0.5) is 0 Å². The smallest absolute Gasteiger partial charge is 0.0665 e. The molecule has 0 radical (unpaired) electrons. The Kier molecular flexibility index (Phi) is 3.50. The van der Waals surface area contributed by atoms with Gasteiger partial charge in [-0.1, -0.05) is 42.5 Å². The molecule has 0 atom stereocenters. The molecule has 3 rings (SSSR count). The first-order valence-corrected chi connectivity index (χ1v) is 6.64. The molecule has 0 aliphatic carbocycles. The van der Waals surface area contributed by atoms with Crippen molar-refractivity contribution in [2.45, 2.75) is 19.3 Å². The Balaban J connectivity index is 1.63. The van der Waals surface area contributed by atoms with E-state index in [0.29, 0.717) is 0 Å². The highest BCUT2D eigenvalue weighted by atomic mass is 14.8. The predicted octanol–water partition coefficient (Wildman–Crippen LogP) is 3.90. The molecule has 2 heteroatoms. The number of pyridine rings is 1. The lowest BCUT2D eigenvalue weighted by Crippen LogP contribution is -1.98. The maximum Gasteiger partial charge on any atom is 0.0665 e. The monoisotopic (exact) mass is 248 g/mol. The van der Waals surface area contributed by atoms with E-state index in [1.807, 2.05) is 24.4 Å². The summed E-state index contributed by atoms with van der Waals surface area (Å²) in [4.78, 5) is 9.07. The van der Waals surface area contributed by atoms with Crippen LogP contribution in [0.2, 0.25) is 0 Å². The van der Waals surface area contributed by atoms with Crippen LogP contribution >= 0.6 is 0 Å². The maximum atomic E-state index is 4.72. The normalized spacial score (nSPS) is 14.1. The predicted molar refractivity (Wildman–Crippen MR) is 79.0 cm³/mol. The summed E-state index contributed by atoms with van der Waals surface area (Å²) in [7, 11) is 0. The fraction of sp³-hybridized carbons (Fsp3) is 0.176. The Labute approximate surface area is 113 Å². The third-order valence-corrected chi connectivity index (χ3v) is 3.28. The van der Waals surface area contributed by atoms with Crippen LogP contribution in [-0.2, 0) is 6.42 Å². The fourth-order valence-corrected chi connectivity index (χ4v) is 2.24. The Morgan fingerprint density at radius 3 is 2.53 bits per heavy atom. The van der Waals surface area contributed by atoms with Gasteiger partial charge in [-0.05, 0) is 30.5 Å². The lowest BCUT2D eigenvalue weighted by molar-refractivity contribution is 0.963. The van der Waals surface area contributed by atoms with Crippen molar-refractivity contribution < 1.29 is 0 Å². The second-order valence-corrected chi connectivity index (χ2v) is 4.66. The second-order valence-electron chi connectivity index (χ2n) is 4.66. The van der Waals surface area contributed by atoms with E-state index in [1.54, 1.807) is 0 Å². The molecule has 0 saturated carbocycles. The molecule has 0 amide bonds. The summed E-state index contributed by atoms with van der Waals surface area (Å²) in [6.45, 7) is 0. The molecule has 19 heavy (non-hydrogen) atoms. The molecule has 2 nitrogen and oxygen atoms in total. The molecule has 1 aromatic heterocycles. The van der Waals surface area contributed by atoms with Crippen LogP contribution in [0.1, 0.15) is 24.1 Å². The van der Waals surface area contributed by atoms with Crippen molar-refractivity contribution in [3.63, 3.8) is 0 Å². The van der Waals surface area contributed by atoms with Crippen molar-refractivity contribution >= 4 is 11.4 Å². The Morgan fingerprint density at radius 1 is 0.895 bits per heavy atom. The molecule has 1 aromatic carbocycles. The molecule has 0 saturated heterocycles. The van der Waals surface area contributed by atoms with Gasteiger partial charge in [-0.3, -0.25) is 9.98 Å². The first-order chi connectivity index (χ1) is 9.42. The van der Waals surface area contributed by atoms with Gasteiger partial charge in [0, 0.05) is 24.0 Å². The number of hydrogen-bond donors (Lipinski definition) is 0. The van der Waals surface area contributed by atoms with Crippen LogP contribution in [-0.4, -0.2) is 10.7 Å². The van der Waals surface area contributed by atoms with E-state index in [-0.39, 0.29) is 0 Å². The molecule has 1 aliphatic rings.